The summed E-state index contributed by atoms with van der Waals surface area (Å²) in [5, 5.41) is 12.6. The first-order valence-corrected chi connectivity index (χ1v) is 8.87. The van der Waals surface area contributed by atoms with Crippen LogP contribution in [0.5, 0.6) is 0 Å². The van der Waals surface area contributed by atoms with Crippen molar-refractivity contribution in [1.29, 1.82) is 5.26 Å². The Morgan fingerprint density at radius 2 is 2.19 bits per heavy atom. The van der Waals surface area contributed by atoms with Gasteiger partial charge in [0.15, 0.2) is 0 Å². The Hall–Kier alpha value is -2.94. The van der Waals surface area contributed by atoms with E-state index in [1.54, 1.807) is 17.2 Å². The Labute approximate surface area is 152 Å². The quantitative estimate of drug-likeness (QED) is 0.918. The number of nitrogens with zero attached hydrogens (tertiary/aromatic N) is 3. The lowest BCUT2D eigenvalue weighted by Gasteiger charge is -2.19. The second-order valence-electron chi connectivity index (χ2n) is 6.85. The van der Waals surface area contributed by atoms with Crippen LogP contribution in [0.15, 0.2) is 30.5 Å². The summed E-state index contributed by atoms with van der Waals surface area (Å²) in [6.07, 6.45) is 3.12. The van der Waals surface area contributed by atoms with Crippen molar-refractivity contribution in [3.63, 3.8) is 0 Å². The molecular weight excluding hydrogens is 328 g/mol. The van der Waals surface area contributed by atoms with E-state index in [9.17, 15) is 9.59 Å². The van der Waals surface area contributed by atoms with Gasteiger partial charge in [0.1, 0.15) is 6.04 Å². The van der Waals surface area contributed by atoms with E-state index in [1.165, 1.54) is 0 Å². The fraction of sp³-hybridized carbons (Fsp3) is 0.400. The van der Waals surface area contributed by atoms with Gasteiger partial charge in [0.2, 0.25) is 5.91 Å². The van der Waals surface area contributed by atoms with Crippen LogP contribution < -0.4 is 5.32 Å². The second kappa shape index (κ2) is 7.52. The maximum Gasteiger partial charge on any atom is 0.252 e. The van der Waals surface area contributed by atoms with Crippen LogP contribution in [0, 0.1) is 11.3 Å². The Morgan fingerprint density at radius 1 is 1.38 bits per heavy atom. The summed E-state index contributed by atoms with van der Waals surface area (Å²) >= 11 is 0. The number of benzene rings is 1. The lowest BCUT2D eigenvalue weighted by molar-refractivity contribution is -0.130. The third kappa shape index (κ3) is 3.52. The first-order chi connectivity index (χ1) is 12.5. The SMILES string of the molecule is CC(C)c1ccc2nccc(C(=O)NCC(=O)N3CCCC3C#N)c2c1. The van der Waals surface area contributed by atoms with Crippen molar-refractivity contribution >= 4 is 22.7 Å². The van der Waals surface area contributed by atoms with E-state index in [0.29, 0.717) is 24.4 Å². The first kappa shape index (κ1) is 17.9. The van der Waals surface area contributed by atoms with Crippen LogP contribution in [0.25, 0.3) is 10.9 Å². The van der Waals surface area contributed by atoms with Crippen LogP contribution in [0.3, 0.4) is 0 Å². The van der Waals surface area contributed by atoms with Gasteiger partial charge in [-0.3, -0.25) is 14.6 Å². The number of rotatable bonds is 4. The number of hydrogen-bond acceptors (Lipinski definition) is 4. The van der Waals surface area contributed by atoms with Crippen LogP contribution in [-0.4, -0.2) is 40.8 Å². The number of nitrogens with one attached hydrogen (secondary N) is 1. The standard InChI is InChI=1S/C20H22N4O2/c1-13(2)14-5-6-18-17(10-14)16(7-8-22-18)20(26)23-12-19(25)24-9-3-4-15(24)11-21/h5-8,10,13,15H,3-4,9,12H2,1-2H3,(H,23,26). The molecule has 1 N–H and O–H groups in total. The van der Waals surface area contributed by atoms with Gasteiger partial charge in [-0.1, -0.05) is 19.9 Å². The van der Waals surface area contributed by atoms with Gasteiger partial charge >= 0.3 is 0 Å². The predicted molar refractivity (Wildman–Crippen MR) is 98.5 cm³/mol. The van der Waals surface area contributed by atoms with E-state index in [1.807, 2.05) is 18.2 Å². The molecule has 1 aliphatic heterocycles. The van der Waals surface area contributed by atoms with Crippen molar-refractivity contribution in [2.45, 2.75) is 38.6 Å². The van der Waals surface area contributed by atoms with E-state index >= 15 is 0 Å². The van der Waals surface area contributed by atoms with Crippen LogP contribution in [0.1, 0.15) is 48.5 Å². The van der Waals surface area contributed by atoms with Crippen molar-refractivity contribution in [3.8, 4) is 6.07 Å². The highest BCUT2D eigenvalue weighted by molar-refractivity contribution is 6.07. The van der Waals surface area contributed by atoms with Crippen LogP contribution in [0.2, 0.25) is 0 Å². The predicted octanol–water partition coefficient (Wildman–Crippen LogP) is 2.60. The fourth-order valence-corrected chi connectivity index (χ4v) is 3.27. The number of carbonyl (C=O) groups excluding carboxylic acids is 2. The molecule has 0 saturated carbocycles. The zero-order valence-electron chi connectivity index (χ0n) is 15.0. The minimum atomic E-state index is -0.380. The fourth-order valence-electron chi connectivity index (χ4n) is 3.27. The third-order valence-corrected chi connectivity index (χ3v) is 4.80. The molecule has 1 fully saturated rings. The van der Waals surface area contributed by atoms with E-state index < -0.39 is 0 Å². The second-order valence-corrected chi connectivity index (χ2v) is 6.85. The highest BCUT2D eigenvalue weighted by Crippen LogP contribution is 2.23. The molecule has 1 saturated heterocycles. The molecule has 26 heavy (non-hydrogen) atoms. The minimum Gasteiger partial charge on any atom is -0.343 e. The van der Waals surface area contributed by atoms with E-state index in [0.717, 1.165) is 22.9 Å². The molecule has 1 unspecified atom stereocenters. The molecule has 3 rings (SSSR count). The summed E-state index contributed by atoms with van der Waals surface area (Å²) in [5.41, 5.74) is 2.38. The number of pyridine rings is 1. The van der Waals surface area contributed by atoms with Crippen LogP contribution >= 0.6 is 0 Å². The van der Waals surface area contributed by atoms with E-state index in [4.69, 9.17) is 5.26 Å². The number of amides is 2. The maximum atomic E-state index is 12.6. The Morgan fingerprint density at radius 3 is 2.92 bits per heavy atom. The average Bonchev–Trinajstić information content (AvgIpc) is 3.13. The molecule has 0 aliphatic carbocycles. The number of hydrogen-bond donors (Lipinski definition) is 1. The van der Waals surface area contributed by atoms with E-state index in [2.05, 4.69) is 30.2 Å². The maximum absolute atomic E-state index is 12.6. The van der Waals surface area contributed by atoms with Crippen LogP contribution in [0.4, 0.5) is 0 Å². The Kier molecular flexibility index (Phi) is 5.17. The third-order valence-electron chi connectivity index (χ3n) is 4.80. The van der Waals surface area contributed by atoms with Crippen molar-refractivity contribution < 1.29 is 9.59 Å². The summed E-state index contributed by atoms with van der Waals surface area (Å²) in [6, 6.07) is 9.33. The Bertz CT molecular complexity index is 885. The summed E-state index contributed by atoms with van der Waals surface area (Å²) in [5.74, 6) is -0.182. The van der Waals surface area contributed by atoms with Crippen LogP contribution in [-0.2, 0) is 4.79 Å². The van der Waals surface area contributed by atoms with Crippen molar-refractivity contribution in [2.75, 3.05) is 13.1 Å². The molecule has 0 bridgehead atoms. The lowest BCUT2D eigenvalue weighted by atomic mass is 9.99. The highest BCUT2D eigenvalue weighted by atomic mass is 16.2. The highest BCUT2D eigenvalue weighted by Gasteiger charge is 2.28. The lowest BCUT2D eigenvalue weighted by Crippen LogP contribution is -2.42. The first-order valence-electron chi connectivity index (χ1n) is 8.87. The van der Waals surface area contributed by atoms with Crippen molar-refractivity contribution in [1.82, 2.24) is 15.2 Å². The van der Waals surface area contributed by atoms with Gasteiger partial charge in [0, 0.05) is 18.1 Å². The largest absolute Gasteiger partial charge is 0.343 e. The normalized spacial score (nSPS) is 16.7. The molecule has 1 aromatic carbocycles. The average molecular weight is 350 g/mol. The number of nitriles is 1. The molecule has 1 atom stereocenters. The molecule has 0 radical (unpaired) electrons. The zero-order valence-corrected chi connectivity index (χ0v) is 15.0. The zero-order chi connectivity index (χ0) is 18.7. The summed E-state index contributed by atoms with van der Waals surface area (Å²) in [6.45, 7) is 4.66. The summed E-state index contributed by atoms with van der Waals surface area (Å²) in [7, 11) is 0. The molecule has 1 aromatic heterocycles. The van der Waals surface area contributed by atoms with Gasteiger partial charge in [-0.2, -0.15) is 5.26 Å². The smallest absolute Gasteiger partial charge is 0.252 e. The molecule has 1 aliphatic rings. The van der Waals surface area contributed by atoms with Crippen molar-refractivity contribution in [3.05, 3.63) is 41.6 Å². The molecule has 6 heteroatoms. The van der Waals surface area contributed by atoms with Gasteiger partial charge in [-0.05, 0) is 42.5 Å². The van der Waals surface area contributed by atoms with Gasteiger partial charge in [0.25, 0.3) is 5.91 Å². The van der Waals surface area contributed by atoms with Gasteiger partial charge in [-0.15, -0.1) is 0 Å². The summed E-state index contributed by atoms with van der Waals surface area (Å²) in [4.78, 5) is 30.8. The van der Waals surface area contributed by atoms with Crippen molar-refractivity contribution in [2.24, 2.45) is 0 Å². The molecule has 0 spiro atoms. The number of likely N-dealkylation sites (tertiary alicyclic amines) is 1. The summed E-state index contributed by atoms with van der Waals surface area (Å²) < 4.78 is 0. The molecule has 2 amide bonds. The number of fused-ring (bicyclic) bond motifs is 1. The topological polar surface area (TPSA) is 86.1 Å². The molecule has 6 nitrogen and oxygen atoms in total. The van der Waals surface area contributed by atoms with Gasteiger partial charge in [0.05, 0.1) is 23.7 Å². The monoisotopic (exact) mass is 350 g/mol. The Balaban J connectivity index is 1.76. The van der Waals surface area contributed by atoms with E-state index in [-0.39, 0.29) is 24.4 Å². The molecule has 2 aromatic rings. The number of carbonyl (C=O) groups is 2. The van der Waals surface area contributed by atoms with Gasteiger partial charge in [-0.25, -0.2) is 0 Å². The molecular formula is C20H22N4O2. The molecule has 134 valence electrons. The number of aromatic nitrogens is 1. The minimum absolute atomic E-state index is 0.106. The van der Waals surface area contributed by atoms with Gasteiger partial charge < -0.3 is 10.2 Å². The molecule has 2 heterocycles.